The lowest BCUT2D eigenvalue weighted by molar-refractivity contribution is -0.118. The molecule has 0 saturated carbocycles. The molecule has 2 atom stereocenters. The van der Waals surface area contributed by atoms with Crippen molar-refractivity contribution >= 4 is 44.7 Å². The average Bonchev–Trinajstić information content (AvgIpc) is 3.47. The summed E-state index contributed by atoms with van der Waals surface area (Å²) in [4.78, 5) is 28.1. The van der Waals surface area contributed by atoms with Crippen LogP contribution in [0.1, 0.15) is 34.2 Å². The highest BCUT2D eigenvalue weighted by atomic mass is 35.5. The van der Waals surface area contributed by atoms with Crippen LogP contribution in [0.5, 0.6) is 5.75 Å². The number of halogens is 3. The zero-order chi connectivity index (χ0) is 24.2. The Balaban J connectivity index is 1.51. The molecule has 0 bridgehead atoms. The minimum atomic E-state index is -2.95. The Morgan fingerprint density at radius 2 is 1.82 bits per heavy atom. The summed E-state index contributed by atoms with van der Waals surface area (Å²) in [6.07, 6.45) is 0.874. The normalized spacial score (nSPS) is 16.0. The minimum Gasteiger partial charge on any atom is -0.435 e. The smallest absolute Gasteiger partial charge is 0.387 e. The van der Waals surface area contributed by atoms with Gasteiger partial charge in [-0.1, -0.05) is 29.8 Å². The van der Waals surface area contributed by atoms with Crippen LogP contribution >= 0.6 is 22.9 Å². The lowest BCUT2D eigenvalue weighted by atomic mass is 10.0. The number of hydrogen-bond donors (Lipinski definition) is 2. The summed E-state index contributed by atoms with van der Waals surface area (Å²) in [5, 5.41) is 15.0. The van der Waals surface area contributed by atoms with E-state index in [1.807, 2.05) is 0 Å². The molecule has 2 N–H and O–H groups in total. The largest absolute Gasteiger partial charge is 0.435 e. The van der Waals surface area contributed by atoms with Crippen LogP contribution in [0.15, 0.2) is 48.5 Å². The van der Waals surface area contributed by atoms with Crippen molar-refractivity contribution in [3.8, 4) is 5.75 Å². The van der Waals surface area contributed by atoms with Crippen LogP contribution in [0, 0.1) is 0 Å². The van der Waals surface area contributed by atoms with Crippen molar-refractivity contribution in [3.05, 3.63) is 64.0 Å². The lowest BCUT2D eigenvalue weighted by Gasteiger charge is -2.28. The predicted octanol–water partition coefficient (Wildman–Crippen LogP) is 4.65. The molecule has 2 heterocycles. The molecule has 1 saturated heterocycles. The zero-order valence-electron chi connectivity index (χ0n) is 18.0. The first kappa shape index (κ1) is 24.5. The van der Waals surface area contributed by atoms with Gasteiger partial charge in [0.15, 0.2) is 0 Å². The number of nitrogens with one attached hydrogen (secondary N) is 1. The summed E-state index contributed by atoms with van der Waals surface area (Å²) in [6, 6.07) is 11.7. The highest BCUT2D eigenvalue weighted by Gasteiger charge is 2.29. The van der Waals surface area contributed by atoms with Crippen molar-refractivity contribution in [2.45, 2.75) is 31.6 Å². The maximum absolute atomic E-state index is 12.9. The average molecular weight is 509 g/mol. The van der Waals surface area contributed by atoms with Crippen molar-refractivity contribution in [2.24, 2.45) is 0 Å². The number of ketones is 1. The Morgan fingerprint density at radius 3 is 2.50 bits per heavy atom. The molecule has 3 aromatic rings. The molecule has 0 aliphatic carbocycles. The van der Waals surface area contributed by atoms with Crippen LogP contribution in [-0.2, 0) is 4.79 Å². The molecule has 6 nitrogen and oxygen atoms in total. The van der Waals surface area contributed by atoms with Gasteiger partial charge in [0.2, 0.25) is 0 Å². The maximum Gasteiger partial charge on any atom is 0.387 e. The Morgan fingerprint density at radius 1 is 1.12 bits per heavy atom. The number of aliphatic hydroxyl groups excluding tert-OH is 1. The van der Waals surface area contributed by atoms with Crippen molar-refractivity contribution < 1.29 is 28.2 Å². The number of rotatable bonds is 9. The van der Waals surface area contributed by atoms with E-state index in [2.05, 4.69) is 15.0 Å². The molecule has 4 rings (SSSR count). The zero-order valence-corrected chi connectivity index (χ0v) is 19.6. The Hall–Kier alpha value is -2.59. The fraction of sp³-hybridized carbons (Fsp3) is 0.333. The number of carbonyl (C=O) groups excluding carboxylic acids is 2. The van der Waals surface area contributed by atoms with E-state index in [4.69, 9.17) is 11.6 Å². The van der Waals surface area contributed by atoms with Crippen LogP contribution in [0.25, 0.3) is 10.1 Å². The number of Topliss-reactive ketones (excluding diaryl/α,β-unsaturated/α-hetero) is 1. The van der Waals surface area contributed by atoms with Gasteiger partial charge in [-0.3, -0.25) is 9.59 Å². The molecule has 10 heteroatoms. The van der Waals surface area contributed by atoms with Crippen molar-refractivity contribution in [2.75, 3.05) is 19.6 Å². The molecule has 2 aromatic carbocycles. The van der Waals surface area contributed by atoms with Gasteiger partial charge < -0.3 is 20.1 Å². The van der Waals surface area contributed by atoms with Gasteiger partial charge in [0.25, 0.3) is 11.7 Å². The molecule has 0 radical (unpaired) electrons. The third-order valence-corrected chi connectivity index (χ3v) is 7.04. The van der Waals surface area contributed by atoms with E-state index in [1.54, 1.807) is 24.3 Å². The Bertz CT molecular complexity index is 1170. The van der Waals surface area contributed by atoms with E-state index in [1.165, 1.54) is 35.6 Å². The molecule has 1 amide bonds. The van der Waals surface area contributed by atoms with E-state index < -0.39 is 30.4 Å². The molecule has 1 fully saturated rings. The lowest BCUT2D eigenvalue weighted by Crippen LogP contribution is -2.48. The number of fused-ring (bicyclic) bond motifs is 1. The van der Waals surface area contributed by atoms with Gasteiger partial charge in [-0.05, 0) is 67.2 Å². The number of carbonyl (C=O) groups is 2. The number of nitrogens with zero attached hydrogens (tertiary/aromatic N) is 1. The van der Waals surface area contributed by atoms with Gasteiger partial charge in [-0.25, -0.2) is 0 Å². The molecule has 180 valence electrons. The summed E-state index contributed by atoms with van der Waals surface area (Å²) < 4.78 is 30.0. The number of thiophene rings is 1. The molecule has 0 unspecified atom stereocenters. The summed E-state index contributed by atoms with van der Waals surface area (Å²) >= 11 is 7.19. The second kappa shape index (κ2) is 10.8. The summed E-state index contributed by atoms with van der Waals surface area (Å²) in [5.74, 6) is -1.55. The van der Waals surface area contributed by atoms with Gasteiger partial charge >= 0.3 is 6.61 Å². The van der Waals surface area contributed by atoms with E-state index >= 15 is 0 Å². The molecule has 1 aliphatic heterocycles. The van der Waals surface area contributed by atoms with E-state index in [0.717, 1.165) is 36.0 Å². The SMILES string of the molecule is O=C(N[C@H](CN1CCCC1)[C@H](O)c1ccc(OC(F)F)cc1)C(=O)c1cc2ccc(Cl)cc2s1. The first-order chi connectivity index (χ1) is 16.3. The number of hydrogen-bond acceptors (Lipinski definition) is 6. The molecular weight excluding hydrogens is 486 g/mol. The summed E-state index contributed by atoms with van der Waals surface area (Å²) in [5.41, 5.74) is 0.412. The third-order valence-electron chi connectivity index (χ3n) is 5.71. The summed E-state index contributed by atoms with van der Waals surface area (Å²) in [7, 11) is 0. The molecule has 1 aliphatic rings. The van der Waals surface area contributed by atoms with Gasteiger partial charge in [0, 0.05) is 16.3 Å². The summed E-state index contributed by atoms with van der Waals surface area (Å²) in [6.45, 7) is -0.956. The maximum atomic E-state index is 12.9. The fourth-order valence-electron chi connectivity index (χ4n) is 4.01. The van der Waals surface area contributed by atoms with Gasteiger partial charge in [0.1, 0.15) is 11.9 Å². The van der Waals surface area contributed by atoms with Gasteiger partial charge in [-0.15, -0.1) is 11.3 Å². The molecule has 0 spiro atoms. The Kier molecular flexibility index (Phi) is 7.77. The van der Waals surface area contributed by atoms with E-state index in [0.29, 0.717) is 17.1 Å². The number of aliphatic hydroxyl groups is 1. The van der Waals surface area contributed by atoms with Crippen LogP contribution in [0.3, 0.4) is 0 Å². The van der Waals surface area contributed by atoms with Crippen molar-refractivity contribution in [3.63, 3.8) is 0 Å². The second-order valence-corrected chi connectivity index (χ2v) is 9.62. The third kappa shape index (κ3) is 5.90. The highest BCUT2D eigenvalue weighted by molar-refractivity contribution is 7.21. The molecular formula is C24H23ClF2N2O4S. The van der Waals surface area contributed by atoms with E-state index in [-0.39, 0.29) is 10.6 Å². The molecule has 1 aromatic heterocycles. The van der Waals surface area contributed by atoms with Crippen LogP contribution in [0.4, 0.5) is 8.78 Å². The molecule has 34 heavy (non-hydrogen) atoms. The van der Waals surface area contributed by atoms with Crippen LogP contribution in [-0.4, -0.2) is 54.0 Å². The Labute approximate surface area is 204 Å². The number of likely N-dealkylation sites (tertiary alicyclic amines) is 1. The fourth-order valence-corrected chi connectivity index (χ4v) is 5.28. The quantitative estimate of drug-likeness (QED) is 0.325. The van der Waals surface area contributed by atoms with Crippen LogP contribution < -0.4 is 10.1 Å². The van der Waals surface area contributed by atoms with Crippen LogP contribution in [0.2, 0.25) is 5.02 Å². The predicted molar refractivity (Wildman–Crippen MR) is 127 cm³/mol. The first-order valence-corrected chi connectivity index (χ1v) is 12.0. The highest BCUT2D eigenvalue weighted by Crippen LogP contribution is 2.29. The number of alkyl halides is 2. The monoisotopic (exact) mass is 508 g/mol. The van der Waals surface area contributed by atoms with Crippen molar-refractivity contribution in [1.29, 1.82) is 0 Å². The minimum absolute atomic E-state index is 0.0360. The topological polar surface area (TPSA) is 78.9 Å². The second-order valence-electron chi connectivity index (χ2n) is 8.10. The standard InChI is InChI=1S/C24H23ClF2N2O4S/c25-16-6-3-15-11-20(34-19(15)12-16)22(31)23(32)28-18(13-29-9-1-2-10-29)21(30)14-4-7-17(8-5-14)33-24(26)27/h3-8,11-12,18,21,24,30H,1-2,9-10,13H2,(H,28,32)/t18-,21-/m1/s1. The number of ether oxygens (including phenoxy) is 1. The van der Waals surface area contributed by atoms with Gasteiger partial charge in [-0.2, -0.15) is 8.78 Å². The first-order valence-electron chi connectivity index (χ1n) is 10.8. The van der Waals surface area contributed by atoms with Crippen molar-refractivity contribution in [1.82, 2.24) is 10.2 Å². The number of amides is 1. The number of benzene rings is 2. The van der Waals surface area contributed by atoms with Gasteiger partial charge in [0.05, 0.1) is 10.9 Å². The van der Waals surface area contributed by atoms with E-state index in [9.17, 15) is 23.5 Å².